The van der Waals surface area contributed by atoms with E-state index in [1.807, 2.05) is 19.3 Å². The minimum atomic E-state index is -1.71. The predicted molar refractivity (Wildman–Crippen MR) is 112 cm³/mol. The third-order valence-electron chi connectivity index (χ3n) is 6.60. The molecule has 9 heteroatoms. The topological polar surface area (TPSA) is 144 Å². The first-order chi connectivity index (χ1) is 14.4. The van der Waals surface area contributed by atoms with Gasteiger partial charge in [-0.05, 0) is 50.7 Å². The lowest BCUT2D eigenvalue weighted by atomic mass is 9.75. The highest BCUT2D eigenvalue weighted by Gasteiger charge is 2.70. The number of aliphatic hydroxyl groups excluding tert-OH is 1. The first-order valence-electron chi connectivity index (χ1n) is 10.8. The van der Waals surface area contributed by atoms with Gasteiger partial charge >= 0.3 is 0 Å². The minimum absolute atomic E-state index is 0.0743. The Labute approximate surface area is 182 Å². The SMILES string of the molecule is CC(C)(CCCC1OC2(O)C(CO)C(NO)C(=O)C12)CC(C)(C)NC(=O)c1ccc[nH]1. The van der Waals surface area contributed by atoms with Crippen molar-refractivity contribution in [3.63, 3.8) is 0 Å². The van der Waals surface area contributed by atoms with Crippen molar-refractivity contribution in [2.75, 3.05) is 6.61 Å². The van der Waals surface area contributed by atoms with Crippen LogP contribution in [0.15, 0.2) is 18.3 Å². The molecule has 1 saturated heterocycles. The maximum atomic E-state index is 12.5. The zero-order valence-corrected chi connectivity index (χ0v) is 18.6. The number of carbonyl (C=O) groups excluding carboxylic acids is 2. The molecule has 5 atom stereocenters. The van der Waals surface area contributed by atoms with Gasteiger partial charge in [0.1, 0.15) is 11.7 Å². The smallest absolute Gasteiger partial charge is 0.268 e. The summed E-state index contributed by atoms with van der Waals surface area (Å²) in [7, 11) is 0. The zero-order chi connectivity index (χ0) is 23.0. The van der Waals surface area contributed by atoms with Crippen LogP contribution in [0.4, 0.5) is 0 Å². The first-order valence-corrected chi connectivity index (χ1v) is 10.8. The molecule has 31 heavy (non-hydrogen) atoms. The lowest BCUT2D eigenvalue weighted by Gasteiger charge is -2.49. The van der Waals surface area contributed by atoms with Crippen molar-refractivity contribution >= 4 is 11.7 Å². The lowest BCUT2D eigenvalue weighted by molar-refractivity contribution is -0.367. The summed E-state index contributed by atoms with van der Waals surface area (Å²) in [6.45, 7) is 7.82. The van der Waals surface area contributed by atoms with E-state index < -0.39 is 41.9 Å². The van der Waals surface area contributed by atoms with E-state index in [0.29, 0.717) is 12.1 Å². The average Bonchev–Trinajstić information content (AvgIpc) is 3.22. The number of amides is 1. The fourth-order valence-corrected chi connectivity index (χ4v) is 5.49. The summed E-state index contributed by atoms with van der Waals surface area (Å²) in [5.41, 5.74) is 1.95. The van der Waals surface area contributed by atoms with E-state index in [4.69, 9.17) is 4.74 Å². The second kappa shape index (κ2) is 8.63. The molecular weight excluding hydrogens is 402 g/mol. The number of hydroxylamine groups is 1. The number of Topliss-reactive ketones (excluding diaryl/α,β-unsaturated/α-hetero) is 1. The summed E-state index contributed by atoms with van der Waals surface area (Å²) >= 11 is 0. The Hall–Kier alpha value is -1.78. The number of hydrogen-bond acceptors (Lipinski definition) is 7. The molecule has 9 nitrogen and oxygen atoms in total. The van der Waals surface area contributed by atoms with E-state index in [0.717, 1.165) is 19.3 Å². The molecule has 174 valence electrons. The van der Waals surface area contributed by atoms with Crippen LogP contribution in [0, 0.1) is 17.3 Å². The predicted octanol–water partition coefficient (Wildman–Crippen LogP) is 1.35. The van der Waals surface area contributed by atoms with Gasteiger partial charge in [-0.1, -0.05) is 20.3 Å². The quantitative estimate of drug-likeness (QED) is 0.303. The van der Waals surface area contributed by atoms with E-state index >= 15 is 0 Å². The van der Waals surface area contributed by atoms with Crippen LogP contribution >= 0.6 is 0 Å². The Bertz CT molecular complexity index is 793. The number of H-pyrrole nitrogens is 1. The summed E-state index contributed by atoms with van der Waals surface area (Å²) in [6, 6.07) is 2.50. The highest BCUT2D eigenvalue weighted by Crippen LogP contribution is 2.52. The number of carbonyl (C=O) groups is 2. The second-order valence-electron chi connectivity index (χ2n) is 10.3. The molecule has 1 aliphatic heterocycles. The number of aliphatic hydroxyl groups is 2. The monoisotopic (exact) mass is 437 g/mol. The van der Waals surface area contributed by atoms with Gasteiger partial charge in [-0.2, -0.15) is 5.48 Å². The standard InChI is InChI=1S/C22H35N3O6/c1-20(2,12-21(3,4)24-19(28)14-7-6-10-23-14)9-5-8-15-16-18(27)17(25-30)13(11-26)22(16,29)31-15/h6-7,10,13,15-17,23,25-26,29-30H,5,8-9,11-12H2,1-4H3,(H,24,28). The van der Waals surface area contributed by atoms with Crippen LogP contribution in [0.25, 0.3) is 0 Å². The van der Waals surface area contributed by atoms with Gasteiger partial charge in [0.15, 0.2) is 11.6 Å². The summed E-state index contributed by atoms with van der Waals surface area (Å²) in [5, 5.41) is 32.4. The van der Waals surface area contributed by atoms with Gasteiger partial charge < -0.3 is 30.5 Å². The maximum Gasteiger partial charge on any atom is 0.268 e. The number of fused-ring (bicyclic) bond motifs is 1. The van der Waals surface area contributed by atoms with E-state index in [2.05, 4.69) is 24.1 Å². The van der Waals surface area contributed by atoms with E-state index in [1.54, 1.807) is 18.3 Å². The van der Waals surface area contributed by atoms with Gasteiger partial charge in [-0.3, -0.25) is 9.59 Å². The third kappa shape index (κ3) is 4.70. The fourth-order valence-electron chi connectivity index (χ4n) is 5.49. The summed E-state index contributed by atoms with van der Waals surface area (Å²) in [5.74, 6) is -3.80. The van der Waals surface area contributed by atoms with E-state index in [9.17, 15) is 25.0 Å². The molecule has 0 radical (unpaired) electrons. The van der Waals surface area contributed by atoms with Crippen molar-refractivity contribution in [2.24, 2.45) is 17.3 Å². The largest absolute Gasteiger partial charge is 0.396 e. The van der Waals surface area contributed by atoms with Gasteiger partial charge in [0.2, 0.25) is 0 Å². The summed E-state index contributed by atoms with van der Waals surface area (Å²) < 4.78 is 5.63. The highest BCUT2D eigenvalue weighted by molar-refractivity contribution is 5.93. The zero-order valence-electron chi connectivity index (χ0n) is 18.6. The number of hydrogen-bond donors (Lipinski definition) is 6. The van der Waals surface area contributed by atoms with Crippen LogP contribution in [0.5, 0.6) is 0 Å². The molecule has 0 spiro atoms. The molecule has 5 unspecified atom stereocenters. The van der Waals surface area contributed by atoms with E-state index in [-0.39, 0.29) is 17.1 Å². The van der Waals surface area contributed by atoms with Crippen LogP contribution in [-0.4, -0.2) is 62.2 Å². The van der Waals surface area contributed by atoms with Crippen LogP contribution in [0.3, 0.4) is 0 Å². The number of aromatic nitrogens is 1. The lowest BCUT2D eigenvalue weighted by Crippen LogP contribution is -2.62. The maximum absolute atomic E-state index is 12.5. The molecule has 2 fully saturated rings. The van der Waals surface area contributed by atoms with Gasteiger partial charge in [0.05, 0.1) is 24.5 Å². The second-order valence-corrected chi connectivity index (χ2v) is 10.3. The number of aromatic amines is 1. The summed E-state index contributed by atoms with van der Waals surface area (Å²) in [4.78, 5) is 27.8. The Morgan fingerprint density at radius 2 is 2.03 bits per heavy atom. The molecule has 1 aliphatic carbocycles. The molecule has 3 rings (SSSR count). The average molecular weight is 438 g/mol. The Morgan fingerprint density at radius 1 is 1.32 bits per heavy atom. The summed E-state index contributed by atoms with van der Waals surface area (Å²) in [6.07, 6.45) is 4.26. The molecule has 2 aliphatic rings. The highest BCUT2D eigenvalue weighted by atomic mass is 16.7. The molecular formula is C22H35N3O6. The van der Waals surface area contributed by atoms with E-state index in [1.165, 1.54) is 0 Å². The number of ether oxygens (including phenoxy) is 1. The minimum Gasteiger partial charge on any atom is -0.396 e. The van der Waals surface area contributed by atoms with Gasteiger partial charge in [0, 0.05) is 11.7 Å². The van der Waals surface area contributed by atoms with Crippen LogP contribution in [0.1, 0.15) is 63.9 Å². The van der Waals surface area contributed by atoms with Crippen LogP contribution in [-0.2, 0) is 9.53 Å². The van der Waals surface area contributed by atoms with Crippen molar-refractivity contribution < 1.29 is 29.7 Å². The first kappa shape index (κ1) is 23.9. The number of rotatable bonds is 10. The Kier molecular flexibility index (Phi) is 6.65. The van der Waals surface area contributed by atoms with Crippen LogP contribution < -0.4 is 10.8 Å². The molecule has 1 aromatic heterocycles. The van der Waals surface area contributed by atoms with Gasteiger partial charge in [-0.15, -0.1) is 0 Å². The fraction of sp³-hybridized carbons (Fsp3) is 0.727. The number of nitrogens with one attached hydrogen (secondary N) is 3. The molecule has 2 heterocycles. The normalized spacial score (nSPS) is 30.7. The van der Waals surface area contributed by atoms with Crippen LogP contribution in [0.2, 0.25) is 0 Å². The van der Waals surface area contributed by atoms with Crippen molar-refractivity contribution in [2.45, 2.75) is 76.9 Å². The van der Waals surface area contributed by atoms with Crippen molar-refractivity contribution in [1.29, 1.82) is 0 Å². The Balaban J connectivity index is 1.50. The molecule has 0 bridgehead atoms. The third-order valence-corrected chi connectivity index (χ3v) is 6.60. The number of ketones is 1. The molecule has 6 N–H and O–H groups in total. The van der Waals surface area contributed by atoms with Gasteiger partial charge in [-0.25, -0.2) is 0 Å². The van der Waals surface area contributed by atoms with Crippen molar-refractivity contribution in [3.8, 4) is 0 Å². The molecule has 0 aromatic carbocycles. The molecule has 1 aromatic rings. The van der Waals surface area contributed by atoms with Crippen molar-refractivity contribution in [1.82, 2.24) is 15.8 Å². The molecule has 1 saturated carbocycles. The Morgan fingerprint density at radius 3 is 2.61 bits per heavy atom. The molecule has 1 amide bonds. The van der Waals surface area contributed by atoms with Crippen molar-refractivity contribution in [3.05, 3.63) is 24.0 Å². The van der Waals surface area contributed by atoms with Gasteiger partial charge in [0.25, 0.3) is 5.91 Å².